The van der Waals surface area contributed by atoms with Crippen molar-refractivity contribution in [1.29, 1.82) is 0 Å². The molecule has 0 aliphatic carbocycles. The van der Waals surface area contributed by atoms with Gasteiger partial charge in [-0.2, -0.15) is 0 Å². The molecular weight excluding hydrogens is 496 g/mol. The molecule has 0 atom stereocenters. The van der Waals surface area contributed by atoms with E-state index < -0.39 is 29.8 Å². The van der Waals surface area contributed by atoms with E-state index in [4.69, 9.17) is 23.7 Å². The molecule has 0 aromatic heterocycles. The van der Waals surface area contributed by atoms with Crippen LogP contribution in [0.25, 0.3) is 5.57 Å². The third kappa shape index (κ3) is 8.61. The van der Waals surface area contributed by atoms with Gasteiger partial charge in [0, 0.05) is 48.6 Å². The monoisotopic (exact) mass is 518 g/mol. The average molecular weight is 518 g/mol. The zero-order valence-electron chi connectivity index (χ0n) is 20.3. The lowest BCUT2D eigenvalue weighted by molar-refractivity contribution is -0.131. The highest BCUT2D eigenvalue weighted by molar-refractivity contribution is 5.93. The summed E-state index contributed by atoms with van der Waals surface area (Å²) in [6, 6.07) is 7.93. The van der Waals surface area contributed by atoms with Gasteiger partial charge in [-0.3, -0.25) is 0 Å². The molecule has 10 heteroatoms. The van der Waals surface area contributed by atoms with Gasteiger partial charge < -0.3 is 23.7 Å². The first-order valence-corrected chi connectivity index (χ1v) is 10.6. The molecule has 2 aromatic carbocycles. The summed E-state index contributed by atoms with van der Waals surface area (Å²) in [7, 11) is 0. The summed E-state index contributed by atoms with van der Waals surface area (Å²) >= 11 is 0. The van der Waals surface area contributed by atoms with Crippen LogP contribution in [0.5, 0.6) is 28.7 Å². The van der Waals surface area contributed by atoms with Crippen molar-refractivity contribution < 1.29 is 47.7 Å². The van der Waals surface area contributed by atoms with Crippen LogP contribution in [0.3, 0.4) is 0 Å². The van der Waals surface area contributed by atoms with Crippen LogP contribution in [0.15, 0.2) is 93.1 Å². The van der Waals surface area contributed by atoms with Crippen molar-refractivity contribution >= 4 is 35.4 Å². The highest BCUT2D eigenvalue weighted by Crippen LogP contribution is 2.32. The number of esters is 5. The smallest absolute Gasteiger partial charge is 0.336 e. The normalized spacial score (nSPS) is 10.3. The van der Waals surface area contributed by atoms with Gasteiger partial charge in [-0.05, 0) is 30.2 Å². The van der Waals surface area contributed by atoms with Gasteiger partial charge in [-0.1, -0.05) is 32.4 Å². The molecule has 0 amide bonds. The number of carbonyl (C=O) groups is 5. The Hall–Kier alpha value is -5.51. The molecule has 0 saturated carbocycles. The molecule has 2 aromatic rings. The van der Waals surface area contributed by atoms with Gasteiger partial charge in [0.1, 0.15) is 17.2 Å². The molecule has 0 heterocycles. The summed E-state index contributed by atoms with van der Waals surface area (Å²) in [5.41, 5.74) is 0.793. The first kappa shape index (κ1) is 28.7. The van der Waals surface area contributed by atoms with Crippen LogP contribution in [0, 0.1) is 0 Å². The van der Waals surface area contributed by atoms with Crippen LogP contribution in [0.4, 0.5) is 0 Å². The van der Waals surface area contributed by atoms with Crippen LogP contribution in [0.1, 0.15) is 12.5 Å². The van der Waals surface area contributed by atoms with Crippen molar-refractivity contribution in [2.45, 2.75) is 6.92 Å². The fourth-order valence-electron chi connectivity index (χ4n) is 2.66. The number of carbonyl (C=O) groups excluding carboxylic acids is 5. The van der Waals surface area contributed by atoms with E-state index in [-0.39, 0.29) is 28.7 Å². The minimum absolute atomic E-state index is 0.0586. The molecule has 194 valence electrons. The Labute approximate surface area is 217 Å². The molecule has 0 spiro atoms. The van der Waals surface area contributed by atoms with Gasteiger partial charge in [0.15, 0.2) is 11.5 Å². The molecule has 38 heavy (non-hydrogen) atoms. The number of hydrogen-bond donors (Lipinski definition) is 0. The first-order chi connectivity index (χ1) is 18.1. The number of hydrogen-bond acceptors (Lipinski definition) is 10. The number of rotatable bonds is 11. The third-order valence-corrected chi connectivity index (χ3v) is 4.33. The maximum absolute atomic E-state index is 12.6. The molecule has 0 fully saturated rings. The zero-order chi connectivity index (χ0) is 28.2. The van der Waals surface area contributed by atoms with Crippen molar-refractivity contribution in [2.24, 2.45) is 0 Å². The van der Waals surface area contributed by atoms with Gasteiger partial charge in [0.2, 0.25) is 0 Å². The molecule has 0 bridgehead atoms. The minimum atomic E-state index is -0.845. The first-order valence-electron chi connectivity index (χ1n) is 10.6. The van der Waals surface area contributed by atoms with Crippen molar-refractivity contribution in [3.05, 3.63) is 98.7 Å². The Morgan fingerprint density at radius 3 is 1.39 bits per heavy atom. The third-order valence-electron chi connectivity index (χ3n) is 4.33. The van der Waals surface area contributed by atoms with Gasteiger partial charge in [0.05, 0.1) is 0 Å². The molecule has 0 aliphatic rings. The predicted octanol–water partition coefficient (Wildman–Crippen LogP) is 4.06. The second kappa shape index (κ2) is 13.5. The minimum Gasteiger partial charge on any atom is -0.423 e. The summed E-state index contributed by atoms with van der Waals surface area (Å²) < 4.78 is 25.5. The van der Waals surface area contributed by atoms with E-state index in [0.717, 1.165) is 30.4 Å². The molecule has 0 radical (unpaired) electrons. The Bertz CT molecular complexity index is 1320. The highest BCUT2D eigenvalue weighted by atomic mass is 16.6. The molecule has 0 unspecified atom stereocenters. The topological polar surface area (TPSA) is 132 Å². The van der Waals surface area contributed by atoms with Gasteiger partial charge >= 0.3 is 29.8 Å². The van der Waals surface area contributed by atoms with Crippen molar-refractivity contribution in [3.63, 3.8) is 0 Å². The summed E-state index contributed by atoms with van der Waals surface area (Å²) in [5.74, 6) is -4.42. The van der Waals surface area contributed by atoms with E-state index in [1.165, 1.54) is 36.4 Å². The highest BCUT2D eigenvalue weighted by Gasteiger charge is 2.15. The van der Waals surface area contributed by atoms with Crippen LogP contribution < -0.4 is 23.7 Å². The lowest BCUT2D eigenvalue weighted by Gasteiger charge is -2.11. The van der Waals surface area contributed by atoms with Crippen LogP contribution in [-0.4, -0.2) is 29.8 Å². The van der Waals surface area contributed by atoms with Crippen molar-refractivity contribution in [1.82, 2.24) is 0 Å². The van der Waals surface area contributed by atoms with Crippen LogP contribution in [-0.2, 0) is 24.0 Å². The molecule has 2 rings (SSSR count). The van der Waals surface area contributed by atoms with E-state index >= 15 is 0 Å². The Morgan fingerprint density at radius 2 is 0.947 bits per heavy atom. The predicted molar refractivity (Wildman–Crippen MR) is 135 cm³/mol. The zero-order valence-corrected chi connectivity index (χ0v) is 20.3. The van der Waals surface area contributed by atoms with E-state index in [9.17, 15) is 24.0 Å². The molecule has 10 nitrogen and oxygen atoms in total. The maximum atomic E-state index is 12.6. The molecular formula is C28H22O10. The maximum Gasteiger partial charge on any atom is 0.336 e. The summed E-state index contributed by atoms with van der Waals surface area (Å²) in [6.45, 7) is 14.8. The number of allylic oxidation sites excluding steroid dienone is 1. The Balaban J connectivity index is 2.34. The Kier molecular flexibility index (Phi) is 10.2. The fourth-order valence-corrected chi connectivity index (χ4v) is 2.66. The molecule has 0 saturated heterocycles. The van der Waals surface area contributed by atoms with Crippen LogP contribution in [0.2, 0.25) is 0 Å². The fraction of sp³-hybridized carbons (Fsp3) is 0.0357. The molecule has 0 N–H and O–H groups in total. The summed E-state index contributed by atoms with van der Waals surface area (Å²) in [6.07, 6.45) is 4.83. The standard InChI is InChI=1S/C28H22O10/c1-6-24(29)34-19-14-20(35-25(30)7-2)16-21(15-19)36-28(33)12-17(5)18-10-11-22(37-26(31)8-3)23(13-18)38-27(32)9-4/h6-16H,1-4H2,5H3. The van der Waals surface area contributed by atoms with Gasteiger partial charge in [-0.25, -0.2) is 24.0 Å². The second-order valence-electron chi connectivity index (χ2n) is 7.05. The lowest BCUT2D eigenvalue weighted by atomic mass is 10.1. The quantitative estimate of drug-likeness (QED) is 0.244. The van der Waals surface area contributed by atoms with E-state index in [2.05, 4.69) is 26.3 Å². The second-order valence-corrected chi connectivity index (χ2v) is 7.05. The van der Waals surface area contributed by atoms with Crippen molar-refractivity contribution in [2.75, 3.05) is 0 Å². The molecule has 0 aliphatic heterocycles. The van der Waals surface area contributed by atoms with Crippen molar-refractivity contribution in [3.8, 4) is 28.7 Å². The number of benzene rings is 2. The van der Waals surface area contributed by atoms with Gasteiger partial charge in [0.25, 0.3) is 0 Å². The van der Waals surface area contributed by atoms with Gasteiger partial charge in [-0.15, -0.1) is 0 Å². The van der Waals surface area contributed by atoms with E-state index in [1.54, 1.807) is 6.92 Å². The average Bonchev–Trinajstić information content (AvgIpc) is 2.88. The Morgan fingerprint density at radius 1 is 0.553 bits per heavy atom. The van der Waals surface area contributed by atoms with Crippen LogP contribution >= 0.6 is 0 Å². The largest absolute Gasteiger partial charge is 0.423 e. The lowest BCUT2D eigenvalue weighted by Crippen LogP contribution is -2.09. The number of ether oxygens (including phenoxy) is 5. The van der Waals surface area contributed by atoms with E-state index in [0.29, 0.717) is 11.1 Å². The summed E-state index contributed by atoms with van der Waals surface area (Å²) in [5, 5.41) is 0. The summed E-state index contributed by atoms with van der Waals surface area (Å²) in [4.78, 5) is 59.1. The van der Waals surface area contributed by atoms with E-state index in [1.807, 2.05) is 0 Å². The SMILES string of the molecule is C=CC(=O)Oc1cc(OC(=O)C=C)cc(OC(=O)C=C(C)c2ccc(OC(=O)C=C)c(OC(=O)C=C)c2)c1.